The number of carbonyl (C=O) groups is 1. The van der Waals surface area contributed by atoms with Crippen LogP contribution in [-0.4, -0.2) is 16.2 Å². The van der Waals surface area contributed by atoms with Crippen LogP contribution in [0.25, 0.3) is 5.70 Å². The summed E-state index contributed by atoms with van der Waals surface area (Å²) in [6.45, 7) is 3.66. The first-order valence-electron chi connectivity index (χ1n) is 7.22. The van der Waals surface area contributed by atoms with E-state index in [0.29, 0.717) is 11.4 Å². The van der Waals surface area contributed by atoms with Crippen molar-refractivity contribution in [2.75, 3.05) is 0 Å². The van der Waals surface area contributed by atoms with Crippen molar-refractivity contribution in [2.45, 2.75) is 0 Å². The Morgan fingerprint density at radius 3 is 2.25 bits per heavy atom. The molecule has 0 bridgehead atoms. The van der Waals surface area contributed by atoms with Gasteiger partial charge in [-0.1, -0.05) is 24.8 Å². The number of hydrogen-bond acceptors (Lipinski definition) is 4. The topological polar surface area (TPSA) is 78.8 Å². The molecule has 1 aliphatic heterocycles. The van der Waals surface area contributed by atoms with Gasteiger partial charge in [0.05, 0.1) is 0 Å². The molecule has 24 heavy (non-hydrogen) atoms. The van der Waals surface area contributed by atoms with E-state index in [2.05, 4.69) is 11.9 Å². The monoisotopic (exact) mass is 321 g/mol. The molecule has 0 atom stereocenters. The maximum atomic E-state index is 11.2. The van der Waals surface area contributed by atoms with Crippen LogP contribution in [0.4, 0.5) is 0 Å². The molecule has 5 nitrogen and oxygen atoms in total. The maximum absolute atomic E-state index is 11.2. The second-order valence-corrected chi connectivity index (χ2v) is 5.18. The molecule has 0 aliphatic carbocycles. The normalized spacial score (nSPS) is 14.0. The van der Waals surface area contributed by atoms with Crippen LogP contribution in [0.15, 0.2) is 84.3 Å². The quantitative estimate of drug-likeness (QED) is 0.797. The third-order valence-corrected chi connectivity index (χ3v) is 3.48. The number of carboxylic acids is 1. The average Bonchev–Trinajstić information content (AvgIpc) is 2.58. The van der Waals surface area contributed by atoms with Gasteiger partial charge in [-0.05, 0) is 48.0 Å². The Labute approximate surface area is 138 Å². The van der Waals surface area contributed by atoms with Gasteiger partial charge in [0.1, 0.15) is 11.5 Å². The third-order valence-electron chi connectivity index (χ3n) is 3.48. The lowest BCUT2D eigenvalue weighted by molar-refractivity contribution is -0.133. The van der Waals surface area contributed by atoms with Crippen molar-refractivity contribution >= 4 is 11.7 Å². The van der Waals surface area contributed by atoms with Crippen LogP contribution in [0, 0.1) is 0 Å². The number of aliphatic hydroxyl groups excluding tert-OH is 1. The average molecular weight is 321 g/mol. The van der Waals surface area contributed by atoms with Gasteiger partial charge >= 0.3 is 5.97 Å². The molecule has 3 N–H and O–H groups in total. The van der Waals surface area contributed by atoms with Crippen LogP contribution in [0.2, 0.25) is 0 Å². The third kappa shape index (κ3) is 3.15. The lowest BCUT2D eigenvalue weighted by atomic mass is 10.0. The highest BCUT2D eigenvalue weighted by molar-refractivity contribution is 5.92. The number of para-hydroxylation sites is 1. The number of aliphatic hydroxyl groups is 1. The van der Waals surface area contributed by atoms with E-state index in [1.807, 2.05) is 30.3 Å². The predicted octanol–water partition coefficient (Wildman–Crippen LogP) is 3.83. The molecule has 0 fully saturated rings. The Bertz CT molecular complexity index is 849. The van der Waals surface area contributed by atoms with Gasteiger partial charge in [-0.15, -0.1) is 0 Å². The van der Waals surface area contributed by atoms with Crippen molar-refractivity contribution in [1.82, 2.24) is 5.32 Å². The van der Waals surface area contributed by atoms with Crippen LogP contribution in [0.5, 0.6) is 11.5 Å². The molecule has 0 spiro atoms. The highest BCUT2D eigenvalue weighted by Gasteiger charge is 2.22. The van der Waals surface area contributed by atoms with Crippen molar-refractivity contribution in [2.24, 2.45) is 0 Å². The first-order chi connectivity index (χ1) is 11.5. The minimum Gasteiger partial charge on any atom is -0.505 e. The number of carboxylic acid groups (broad SMARTS) is 1. The van der Waals surface area contributed by atoms with Gasteiger partial charge in [0, 0.05) is 11.3 Å². The van der Waals surface area contributed by atoms with Gasteiger partial charge in [-0.2, -0.15) is 0 Å². The number of dihydropyridines is 1. The Morgan fingerprint density at radius 1 is 1.00 bits per heavy atom. The Hall–Kier alpha value is -3.47. The number of nitrogens with one attached hydrogen (secondary N) is 1. The van der Waals surface area contributed by atoms with Crippen LogP contribution >= 0.6 is 0 Å². The van der Waals surface area contributed by atoms with Crippen molar-refractivity contribution in [1.29, 1.82) is 0 Å². The van der Waals surface area contributed by atoms with E-state index < -0.39 is 5.97 Å². The molecule has 1 heterocycles. The summed E-state index contributed by atoms with van der Waals surface area (Å²) in [6, 6.07) is 16.6. The van der Waals surface area contributed by atoms with Crippen LogP contribution in [0.1, 0.15) is 5.56 Å². The Balaban J connectivity index is 1.80. The molecule has 0 unspecified atom stereocenters. The molecule has 0 saturated carbocycles. The molecule has 3 rings (SSSR count). The van der Waals surface area contributed by atoms with Crippen molar-refractivity contribution in [3.63, 3.8) is 0 Å². The van der Waals surface area contributed by atoms with E-state index in [0.717, 1.165) is 11.3 Å². The summed E-state index contributed by atoms with van der Waals surface area (Å²) in [5.41, 5.74) is 1.25. The number of hydrogen-bond donors (Lipinski definition) is 3. The highest BCUT2D eigenvalue weighted by atomic mass is 16.5. The van der Waals surface area contributed by atoms with E-state index in [1.165, 1.54) is 0 Å². The van der Waals surface area contributed by atoms with Crippen molar-refractivity contribution in [3.8, 4) is 11.5 Å². The largest absolute Gasteiger partial charge is 0.505 e. The summed E-state index contributed by atoms with van der Waals surface area (Å²) in [6.07, 6.45) is 1.59. The van der Waals surface area contributed by atoms with E-state index in [4.69, 9.17) is 9.84 Å². The number of benzene rings is 2. The Morgan fingerprint density at radius 2 is 1.62 bits per heavy atom. The minimum atomic E-state index is -1.25. The Kier molecular flexibility index (Phi) is 4.07. The predicted molar refractivity (Wildman–Crippen MR) is 90.5 cm³/mol. The lowest BCUT2D eigenvalue weighted by Crippen LogP contribution is -2.24. The SMILES string of the molecule is C=C1C=C(c2ccc(Oc3ccccc3)cc2)NC(C(=O)O)=C1O. The van der Waals surface area contributed by atoms with Gasteiger partial charge in [-0.25, -0.2) is 4.79 Å². The molecule has 0 amide bonds. The zero-order valence-electron chi connectivity index (χ0n) is 12.7. The molecule has 0 radical (unpaired) electrons. The second-order valence-electron chi connectivity index (χ2n) is 5.18. The van der Waals surface area contributed by atoms with Crippen LogP contribution < -0.4 is 10.1 Å². The summed E-state index contributed by atoms with van der Waals surface area (Å²) < 4.78 is 5.72. The molecular weight excluding hydrogens is 306 g/mol. The van der Waals surface area contributed by atoms with E-state index in [-0.39, 0.29) is 17.0 Å². The maximum Gasteiger partial charge on any atom is 0.356 e. The van der Waals surface area contributed by atoms with Gasteiger partial charge in [0.25, 0.3) is 0 Å². The second kappa shape index (κ2) is 6.34. The smallest absolute Gasteiger partial charge is 0.356 e. The van der Waals surface area contributed by atoms with Gasteiger partial charge in [-0.3, -0.25) is 0 Å². The summed E-state index contributed by atoms with van der Waals surface area (Å²) in [5.74, 6) is -0.217. The molecule has 5 heteroatoms. The fourth-order valence-electron chi connectivity index (χ4n) is 2.27. The van der Waals surface area contributed by atoms with Crippen LogP contribution in [0.3, 0.4) is 0 Å². The zero-order chi connectivity index (χ0) is 17.1. The first kappa shape index (κ1) is 15.4. The summed E-state index contributed by atoms with van der Waals surface area (Å²) in [4.78, 5) is 11.2. The van der Waals surface area contributed by atoms with Gasteiger partial charge in [0.15, 0.2) is 11.5 Å². The molecule has 120 valence electrons. The first-order valence-corrected chi connectivity index (χ1v) is 7.22. The highest BCUT2D eigenvalue weighted by Crippen LogP contribution is 2.27. The minimum absolute atomic E-state index is 0.241. The fourth-order valence-corrected chi connectivity index (χ4v) is 2.27. The summed E-state index contributed by atoms with van der Waals surface area (Å²) in [5, 5.41) is 21.6. The van der Waals surface area contributed by atoms with Crippen LogP contribution in [-0.2, 0) is 4.79 Å². The van der Waals surface area contributed by atoms with Crippen molar-refractivity contribution in [3.05, 3.63) is 89.8 Å². The molecule has 0 aromatic heterocycles. The fraction of sp³-hybridized carbons (Fsp3) is 0. The van der Waals surface area contributed by atoms with E-state index in [1.54, 1.807) is 30.3 Å². The van der Waals surface area contributed by atoms with Gasteiger partial charge < -0.3 is 20.3 Å². The lowest BCUT2D eigenvalue weighted by Gasteiger charge is -2.19. The van der Waals surface area contributed by atoms with E-state index >= 15 is 0 Å². The molecule has 2 aromatic rings. The number of aliphatic carboxylic acids is 1. The molecule has 0 saturated heterocycles. The standard InChI is InChI=1S/C19H15NO4/c1-12-11-16(20-17(18(12)21)19(22)23)13-7-9-15(10-8-13)24-14-5-3-2-4-6-14/h2-11,20-21H,1H2,(H,22,23). The summed E-state index contributed by atoms with van der Waals surface area (Å²) >= 11 is 0. The molecule has 2 aromatic carbocycles. The number of rotatable bonds is 4. The molecule has 1 aliphatic rings. The number of allylic oxidation sites excluding steroid dienone is 1. The van der Waals surface area contributed by atoms with E-state index in [9.17, 15) is 9.90 Å². The van der Waals surface area contributed by atoms with Crippen molar-refractivity contribution < 1.29 is 19.7 Å². The number of ether oxygens (including phenoxy) is 1. The molecular formula is C19H15NO4. The van der Waals surface area contributed by atoms with Gasteiger partial charge in [0.2, 0.25) is 0 Å². The summed E-state index contributed by atoms with van der Waals surface area (Å²) in [7, 11) is 0. The zero-order valence-corrected chi connectivity index (χ0v) is 12.7.